The highest BCUT2D eigenvalue weighted by Crippen LogP contribution is 2.44. The minimum Gasteiger partial charge on any atom is -0.388 e. The van der Waals surface area contributed by atoms with E-state index in [9.17, 15) is 5.11 Å². The summed E-state index contributed by atoms with van der Waals surface area (Å²) < 4.78 is 0.344. The largest absolute Gasteiger partial charge is 0.388 e. The maximum absolute atomic E-state index is 9.84. The second-order valence-electron chi connectivity index (χ2n) is 4.11. The predicted octanol–water partition coefficient (Wildman–Crippen LogP) is 2.73. The summed E-state index contributed by atoms with van der Waals surface area (Å²) in [6, 6.07) is 0. The van der Waals surface area contributed by atoms with Gasteiger partial charge in [-0.25, -0.2) is 0 Å². The van der Waals surface area contributed by atoms with Crippen molar-refractivity contribution in [1.82, 2.24) is 0 Å². The van der Waals surface area contributed by atoms with Crippen molar-refractivity contribution in [2.24, 2.45) is 0 Å². The molecule has 0 aliphatic carbocycles. The molecule has 0 aromatic carbocycles. The van der Waals surface area contributed by atoms with E-state index in [4.69, 9.17) is 0 Å². The van der Waals surface area contributed by atoms with Crippen LogP contribution < -0.4 is 0 Å². The fraction of sp³-hybridized carbons (Fsp3) is 1.00. The molecule has 1 nitrogen and oxygen atoms in total. The Morgan fingerprint density at radius 2 is 1.58 bits per heavy atom. The van der Waals surface area contributed by atoms with Gasteiger partial charge in [0, 0.05) is 10.5 Å². The fourth-order valence-electron chi connectivity index (χ4n) is 1.37. The topological polar surface area (TPSA) is 20.2 Å². The summed E-state index contributed by atoms with van der Waals surface area (Å²) in [6.07, 6.45) is 1.27. The molecular weight excluding hydrogens is 188 g/mol. The first-order chi connectivity index (χ1) is 5.39. The van der Waals surface area contributed by atoms with Crippen LogP contribution in [0.3, 0.4) is 0 Å². The summed E-state index contributed by atoms with van der Waals surface area (Å²) in [7, 11) is 0. The molecule has 2 atom stereocenters. The molecule has 1 aliphatic heterocycles. The highest BCUT2D eigenvalue weighted by Gasteiger charge is 2.34. The minimum atomic E-state index is -0.543. The van der Waals surface area contributed by atoms with E-state index in [0.29, 0.717) is 15.1 Å². The van der Waals surface area contributed by atoms with Crippen molar-refractivity contribution in [3.63, 3.8) is 0 Å². The minimum absolute atomic E-state index is 0.344. The molecular formula is C9H18OS2. The average Bonchev–Trinajstić information content (AvgIpc) is 1.82. The first-order valence-electron chi connectivity index (χ1n) is 4.43. The highest BCUT2D eigenvalue weighted by atomic mass is 32.2. The van der Waals surface area contributed by atoms with Crippen LogP contribution in [-0.2, 0) is 0 Å². The van der Waals surface area contributed by atoms with Gasteiger partial charge >= 0.3 is 0 Å². The Morgan fingerprint density at radius 1 is 1.17 bits per heavy atom. The van der Waals surface area contributed by atoms with Crippen molar-refractivity contribution in [3.05, 3.63) is 0 Å². The third kappa shape index (κ3) is 2.86. The summed E-state index contributed by atoms with van der Waals surface area (Å²) >= 11 is 3.82. The second-order valence-corrected chi connectivity index (χ2v) is 7.51. The van der Waals surface area contributed by atoms with E-state index in [1.54, 1.807) is 0 Å². The van der Waals surface area contributed by atoms with E-state index in [0.717, 1.165) is 0 Å². The Labute approximate surface area is 83.7 Å². The Hall–Kier alpha value is 0.660. The van der Waals surface area contributed by atoms with Crippen LogP contribution in [0.2, 0.25) is 0 Å². The van der Waals surface area contributed by atoms with Crippen LogP contribution in [0.4, 0.5) is 0 Å². The molecule has 0 spiro atoms. The molecule has 72 valence electrons. The van der Waals surface area contributed by atoms with Crippen molar-refractivity contribution in [2.75, 3.05) is 0 Å². The van der Waals surface area contributed by atoms with Crippen molar-refractivity contribution in [1.29, 1.82) is 0 Å². The summed E-state index contributed by atoms with van der Waals surface area (Å²) in [4.78, 5) is 0. The van der Waals surface area contributed by atoms with E-state index in [-0.39, 0.29) is 0 Å². The van der Waals surface area contributed by atoms with Gasteiger partial charge in [0.2, 0.25) is 0 Å². The van der Waals surface area contributed by atoms with E-state index >= 15 is 0 Å². The number of hydrogen-bond acceptors (Lipinski definition) is 3. The molecule has 0 aromatic heterocycles. The van der Waals surface area contributed by atoms with E-state index in [1.807, 2.05) is 37.4 Å². The van der Waals surface area contributed by atoms with Gasteiger partial charge in [-0.3, -0.25) is 0 Å². The lowest BCUT2D eigenvalue weighted by molar-refractivity contribution is 0.0980. The molecule has 0 radical (unpaired) electrons. The lowest BCUT2D eigenvalue weighted by Crippen LogP contribution is -2.36. The molecule has 2 unspecified atom stereocenters. The third-order valence-electron chi connectivity index (χ3n) is 1.95. The SMILES string of the molecule is CC1CC(C)SC(C(C)(C)O)S1. The molecule has 0 aromatic rings. The molecule has 0 amide bonds. The van der Waals surface area contributed by atoms with Gasteiger partial charge in [-0.2, -0.15) is 0 Å². The number of thioether (sulfide) groups is 2. The molecule has 0 bridgehead atoms. The van der Waals surface area contributed by atoms with Crippen LogP contribution in [0.15, 0.2) is 0 Å². The molecule has 12 heavy (non-hydrogen) atoms. The Bertz CT molecular complexity index is 143. The van der Waals surface area contributed by atoms with Gasteiger partial charge in [0.25, 0.3) is 0 Å². The van der Waals surface area contributed by atoms with Crippen molar-refractivity contribution in [2.45, 2.75) is 54.8 Å². The average molecular weight is 206 g/mol. The van der Waals surface area contributed by atoms with Gasteiger partial charge < -0.3 is 5.11 Å². The lowest BCUT2D eigenvalue weighted by Gasteiger charge is -2.37. The Balaban J connectivity index is 2.55. The van der Waals surface area contributed by atoms with Crippen molar-refractivity contribution < 1.29 is 5.11 Å². The number of rotatable bonds is 1. The quantitative estimate of drug-likeness (QED) is 0.712. The zero-order chi connectivity index (χ0) is 9.35. The van der Waals surface area contributed by atoms with Gasteiger partial charge in [0.05, 0.1) is 10.2 Å². The molecule has 1 rings (SSSR count). The fourth-order valence-corrected chi connectivity index (χ4v) is 5.19. The predicted molar refractivity (Wildman–Crippen MR) is 58.8 cm³/mol. The maximum Gasteiger partial charge on any atom is 0.0801 e. The van der Waals surface area contributed by atoms with Gasteiger partial charge in [0.15, 0.2) is 0 Å². The highest BCUT2D eigenvalue weighted by molar-refractivity contribution is 8.18. The first kappa shape index (κ1) is 10.7. The van der Waals surface area contributed by atoms with E-state index < -0.39 is 5.60 Å². The Kier molecular flexibility index (Phi) is 3.41. The Morgan fingerprint density at radius 3 is 1.92 bits per heavy atom. The molecule has 1 heterocycles. The van der Waals surface area contributed by atoms with Crippen LogP contribution in [0, 0.1) is 0 Å². The van der Waals surface area contributed by atoms with Crippen molar-refractivity contribution >= 4 is 23.5 Å². The summed E-state index contributed by atoms with van der Waals surface area (Å²) in [5.74, 6) is 0. The second kappa shape index (κ2) is 3.81. The molecule has 0 saturated carbocycles. The molecule has 1 fully saturated rings. The summed E-state index contributed by atoms with van der Waals surface area (Å²) in [5, 5.41) is 11.2. The van der Waals surface area contributed by atoms with Crippen LogP contribution in [0.5, 0.6) is 0 Å². The zero-order valence-corrected chi connectivity index (χ0v) is 9.84. The zero-order valence-electron chi connectivity index (χ0n) is 8.20. The van der Waals surface area contributed by atoms with Crippen LogP contribution in [0.25, 0.3) is 0 Å². The smallest absolute Gasteiger partial charge is 0.0801 e. The maximum atomic E-state index is 9.84. The van der Waals surface area contributed by atoms with Crippen molar-refractivity contribution in [3.8, 4) is 0 Å². The number of hydrogen-bond donors (Lipinski definition) is 1. The lowest BCUT2D eigenvalue weighted by atomic mass is 10.2. The monoisotopic (exact) mass is 206 g/mol. The van der Waals surface area contributed by atoms with Gasteiger partial charge in [0.1, 0.15) is 0 Å². The standard InChI is InChI=1S/C9H18OS2/c1-6-5-7(2)12-8(11-6)9(3,4)10/h6-8,10H,5H2,1-4H3. The van der Waals surface area contributed by atoms with Crippen LogP contribution in [0.1, 0.15) is 34.1 Å². The molecule has 3 heteroatoms. The van der Waals surface area contributed by atoms with Gasteiger partial charge in [-0.15, -0.1) is 23.5 Å². The molecule has 1 saturated heterocycles. The molecule has 1 N–H and O–H groups in total. The summed E-state index contributed by atoms with van der Waals surface area (Å²) in [5.41, 5.74) is -0.543. The third-order valence-corrected chi connectivity index (χ3v) is 5.58. The van der Waals surface area contributed by atoms with Crippen LogP contribution >= 0.6 is 23.5 Å². The van der Waals surface area contributed by atoms with E-state index in [2.05, 4.69) is 13.8 Å². The summed E-state index contributed by atoms with van der Waals surface area (Å²) in [6.45, 7) is 8.31. The molecule has 1 aliphatic rings. The normalized spacial score (nSPS) is 38.2. The van der Waals surface area contributed by atoms with Crippen LogP contribution in [-0.4, -0.2) is 25.8 Å². The van der Waals surface area contributed by atoms with Gasteiger partial charge in [-0.05, 0) is 20.3 Å². The number of aliphatic hydroxyl groups is 1. The van der Waals surface area contributed by atoms with Gasteiger partial charge in [-0.1, -0.05) is 13.8 Å². The first-order valence-corrected chi connectivity index (χ1v) is 6.31. The van der Waals surface area contributed by atoms with E-state index in [1.165, 1.54) is 6.42 Å².